The summed E-state index contributed by atoms with van der Waals surface area (Å²) in [5, 5.41) is 5.05. The highest BCUT2D eigenvalue weighted by Crippen LogP contribution is 2.48. The second kappa shape index (κ2) is 8.24. The van der Waals surface area contributed by atoms with Crippen LogP contribution in [0.25, 0.3) is 38.3 Å². The van der Waals surface area contributed by atoms with Gasteiger partial charge in [0.05, 0.1) is 22.2 Å². The summed E-state index contributed by atoms with van der Waals surface area (Å²) in [5.41, 5.74) is 7.37. The summed E-state index contributed by atoms with van der Waals surface area (Å²) in [4.78, 5) is 0. The van der Waals surface area contributed by atoms with Crippen molar-refractivity contribution in [3.63, 3.8) is 0 Å². The fraction of sp³-hybridized carbons (Fsp3) is 0.389. The number of fused-ring (bicyclic) bond motifs is 5. The van der Waals surface area contributed by atoms with E-state index in [1.807, 2.05) is 0 Å². The molecule has 1 aliphatic carbocycles. The Balaban J connectivity index is 1.43. The van der Waals surface area contributed by atoms with Gasteiger partial charge in [0.25, 0.3) is 0 Å². The molecule has 2 aliphatic rings. The molecule has 40 heavy (non-hydrogen) atoms. The minimum atomic E-state index is -0.372. The smallest absolute Gasteiger partial charge is 0.399 e. The Labute approximate surface area is 238 Å². The van der Waals surface area contributed by atoms with Gasteiger partial charge in [-0.2, -0.15) is 0 Å². The van der Waals surface area contributed by atoms with E-state index in [1.54, 1.807) is 0 Å². The lowest BCUT2D eigenvalue weighted by atomic mass is 9.63. The monoisotopic (exact) mass is 529 g/mol. The van der Waals surface area contributed by atoms with Crippen molar-refractivity contribution in [2.75, 3.05) is 0 Å². The van der Waals surface area contributed by atoms with E-state index in [0.717, 1.165) is 5.46 Å². The molecule has 0 spiro atoms. The van der Waals surface area contributed by atoms with Crippen LogP contribution in [0.4, 0.5) is 0 Å². The molecule has 0 bridgehead atoms. The molecule has 0 amide bonds. The lowest BCUT2D eigenvalue weighted by Crippen LogP contribution is -2.41. The molecule has 0 saturated carbocycles. The molecular formula is C36H40BNO2. The highest BCUT2D eigenvalue weighted by atomic mass is 16.7. The van der Waals surface area contributed by atoms with E-state index < -0.39 is 0 Å². The summed E-state index contributed by atoms with van der Waals surface area (Å²) in [5.74, 6) is 0. The third kappa shape index (κ3) is 3.72. The summed E-state index contributed by atoms with van der Waals surface area (Å²) in [6, 6.07) is 27.2. The van der Waals surface area contributed by atoms with Crippen molar-refractivity contribution in [1.29, 1.82) is 0 Å². The molecule has 5 aromatic rings. The van der Waals surface area contributed by atoms with Gasteiger partial charge in [-0.15, -0.1) is 0 Å². The van der Waals surface area contributed by atoms with Gasteiger partial charge in [0.1, 0.15) is 0 Å². The Morgan fingerprint density at radius 1 is 0.600 bits per heavy atom. The minimum Gasteiger partial charge on any atom is -0.399 e. The third-order valence-corrected chi connectivity index (χ3v) is 10.3. The zero-order valence-corrected chi connectivity index (χ0v) is 25.2. The van der Waals surface area contributed by atoms with E-state index in [9.17, 15) is 0 Å². The molecule has 3 nitrogen and oxygen atoms in total. The van der Waals surface area contributed by atoms with Crippen molar-refractivity contribution in [3.8, 4) is 5.69 Å². The molecule has 0 radical (unpaired) electrons. The van der Waals surface area contributed by atoms with Crippen molar-refractivity contribution in [2.24, 2.45) is 0 Å². The Bertz CT molecular complexity index is 1810. The number of rotatable bonds is 2. The molecule has 204 valence electrons. The van der Waals surface area contributed by atoms with E-state index >= 15 is 0 Å². The standard InChI is InChI=1S/C36H40BNO2/c1-33(2)17-18-34(3,4)30-22-32-28(21-29(30)33)27-11-9-10-12-31(27)38(32)26-16-14-23-13-15-25(19-24(23)20-26)37-39-35(5,6)36(7,8)40-37/h9-16,19-22H,17-18H2,1-8H3. The first-order valence-electron chi connectivity index (χ1n) is 14.8. The number of benzene rings is 4. The number of nitrogens with zero attached hydrogens (tertiary/aromatic N) is 1. The van der Waals surface area contributed by atoms with Crippen LogP contribution >= 0.6 is 0 Å². The summed E-state index contributed by atoms with van der Waals surface area (Å²) in [6.07, 6.45) is 2.42. The third-order valence-electron chi connectivity index (χ3n) is 10.3. The average molecular weight is 530 g/mol. The van der Waals surface area contributed by atoms with Crippen molar-refractivity contribution in [2.45, 2.75) is 90.3 Å². The quantitative estimate of drug-likeness (QED) is 0.214. The lowest BCUT2D eigenvalue weighted by molar-refractivity contribution is 0.00578. The molecule has 0 N–H and O–H groups in total. The zero-order chi connectivity index (χ0) is 28.2. The summed E-state index contributed by atoms with van der Waals surface area (Å²) >= 11 is 0. The van der Waals surface area contributed by atoms with Crippen LogP contribution in [0.15, 0.2) is 72.8 Å². The maximum Gasteiger partial charge on any atom is 0.494 e. The van der Waals surface area contributed by atoms with Crippen LogP contribution in [0.3, 0.4) is 0 Å². The van der Waals surface area contributed by atoms with Crippen LogP contribution in [-0.4, -0.2) is 22.9 Å². The maximum atomic E-state index is 6.38. The van der Waals surface area contributed by atoms with E-state index in [1.165, 1.54) is 62.2 Å². The number of para-hydroxylation sites is 1. The molecule has 4 heteroatoms. The summed E-state index contributed by atoms with van der Waals surface area (Å²) in [6.45, 7) is 18.1. The van der Waals surface area contributed by atoms with Gasteiger partial charge in [0.15, 0.2) is 0 Å². The van der Waals surface area contributed by atoms with Gasteiger partial charge in [-0.25, -0.2) is 0 Å². The Morgan fingerprint density at radius 2 is 1.23 bits per heavy atom. The van der Waals surface area contributed by atoms with Crippen molar-refractivity contribution in [3.05, 3.63) is 83.9 Å². The van der Waals surface area contributed by atoms with Gasteiger partial charge < -0.3 is 13.9 Å². The normalized spacial score (nSPS) is 20.9. The molecular weight excluding hydrogens is 489 g/mol. The first kappa shape index (κ1) is 25.9. The molecule has 1 aromatic heterocycles. The van der Waals surface area contributed by atoms with E-state index in [2.05, 4.69) is 133 Å². The summed E-state index contributed by atoms with van der Waals surface area (Å²) in [7, 11) is -0.372. The first-order valence-corrected chi connectivity index (χ1v) is 14.8. The van der Waals surface area contributed by atoms with E-state index in [0.29, 0.717) is 0 Å². The topological polar surface area (TPSA) is 23.4 Å². The fourth-order valence-electron chi connectivity index (χ4n) is 6.82. The molecule has 4 aromatic carbocycles. The number of aromatic nitrogens is 1. The van der Waals surface area contributed by atoms with Crippen molar-refractivity contribution in [1.82, 2.24) is 4.57 Å². The lowest BCUT2D eigenvalue weighted by Gasteiger charge is -2.42. The second-order valence-electron chi connectivity index (χ2n) is 14.4. The van der Waals surface area contributed by atoms with Gasteiger partial charge in [-0.1, -0.05) is 70.2 Å². The molecule has 0 unspecified atom stereocenters. The van der Waals surface area contributed by atoms with Crippen LogP contribution in [0.1, 0.15) is 79.4 Å². The SMILES string of the molecule is CC1(C)CCC(C)(C)c2cc3c(cc21)c1ccccc1n3-c1ccc2ccc(B3OC(C)(C)C(C)(C)O3)cc2c1. The summed E-state index contributed by atoms with van der Waals surface area (Å²) < 4.78 is 15.2. The highest BCUT2D eigenvalue weighted by molar-refractivity contribution is 6.62. The van der Waals surface area contributed by atoms with E-state index in [4.69, 9.17) is 9.31 Å². The van der Waals surface area contributed by atoms with Gasteiger partial charge >= 0.3 is 7.12 Å². The zero-order valence-electron chi connectivity index (χ0n) is 25.2. The number of hydrogen-bond donors (Lipinski definition) is 0. The second-order valence-corrected chi connectivity index (χ2v) is 14.4. The van der Waals surface area contributed by atoms with Crippen LogP contribution in [-0.2, 0) is 20.1 Å². The predicted octanol–water partition coefficient (Wildman–Crippen LogP) is 8.59. The first-order chi connectivity index (χ1) is 18.8. The van der Waals surface area contributed by atoms with Gasteiger partial charge in [0.2, 0.25) is 0 Å². The Hall–Kier alpha value is -3.08. The average Bonchev–Trinajstić information content (AvgIpc) is 3.34. The van der Waals surface area contributed by atoms with Crippen LogP contribution in [0.5, 0.6) is 0 Å². The van der Waals surface area contributed by atoms with Crippen LogP contribution in [0.2, 0.25) is 0 Å². The van der Waals surface area contributed by atoms with Crippen molar-refractivity contribution >= 4 is 45.2 Å². The Kier molecular flexibility index (Phi) is 5.33. The van der Waals surface area contributed by atoms with Crippen LogP contribution in [0, 0.1) is 0 Å². The minimum absolute atomic E-state index is 0.154. The van der Waals surface area contributed by atoms with Gasteiger partial charge in [0, 0.05) is 16.5 Å². The molecule has 7 rings (SSSR count). The van der Waals surface area contributed by atoms with Gasteiger partial charge in [-0.05, 0) is 109 Å². The largest absolute Gasteiger partial charge is 0.494 e. The molecule has 1 saturated heterocycles. The number of hydrogen-bond acceptors (Lipinski definition) is 2. The van der Waals surface area contributed by atoms with Crippen LogP contribution < -0.4 is 5.46 Å². The molecule has 1 aliphatic heterocycles. The molecule has 2 heterocycles. The maximum absolute atomic E-state index is 6.38. The molecule has 0 atom stereocenters. The molecule has 1 fully saturated rings. The highest BCUT2D eigenvalue weighted by Gasteiger charge is 2.51. The van der Waals surface area contributed by atoms with E-state index in [-0.39, 0.29) is 29.2 Å². The van der Waals surface area contributed by atoms with Crippen molar-refractivity contribution < 1.29 is 9.31 Å². The Morgan fingerprint density at radius 3 is 1.93 bits per heavy atom. The predicted molar refractivity (Wildman–Crippen MR) is 169 cm³/mol. The fourth-order valence-corrected chi connectivity index (χ4v) is 6.82. The van der Waals surface area contributed by atoms with Gasteiger partial charge in [-0.3, -0.25) is 0 Å².